The first-order chi connectivity index (χ1) is 15.0. The first kappa shape index (κ1) is 21.1. The number of nitrogens with one attached hydrogen (secondary N) is 2. The van der Waals surface area contributed by atoms with Crippen LogP contribution in [-0.2, 0) is 4.79 Å². The molecule has 0 aliphatic carbocycles. The monoisotopic (exact) mass is 441 g/mol. The van der Waals surface area contributed by atoms with Crippen molar-refractivity contribution in [1.82, 2.24) is 9.88 Å². The summed E-state index contributed by atoms with van der Waals surface area (Å²) < 4.78 is 10.6. The van der Waals surface area contributed by atoms with Crippen LogP contribution in [0.15, 0.2) is 42.5 Å². The van der Waals surface area contributed by atoms with Crippen molar-refractivity contribution in [3.05, 3.63) is 53.2 Å². The number of aromatic nitrogens is 1. The number of methoxy groups -OCH3 is 2. The third-order valence-corrected chi connectivity index (χ3v) is 5.87. The highest BCUT2D eigenvalue weighted by atomic mass is 35.5. The number of amides is 2. The summed E-state index contributed by atoms with van der Waals surface area (Å²) in [4.78, 5) is 30.9. The quantitative estimate of drug-likeness (QED) is 0.617. The Balaban J connectivity index is 1.47. The Kier molecular flexibility index (Phi) is 6.04. The number of carbonyl (C=O) groups is 2. The zero-order valence-electron chi connectivity index (χ0n) is 17.4. The topological polar surface area (TPSA) is 83.7 Å². The summed E-state index contributed by atoms with van der Waals surface area (Å²) in [6.45, 7) is 0.974. The number of carbonyl (C=O) groups excluding carboxylic acids is 2. The summed E-state index contributed by atoms with van der Waals surface area (Å²) in [5.41, 5.74) is 1.92. The summed E-state index contributed by atoms with van der Waals surface area (Å²) in [5.74, 6) is 0.320. The summed E-state index contributed by atoms with van der Waals surface area (Å²) in [6, 6.07) is 12.8. The maximum Gasteiger partial charge on any atom is 0.270 e. The van der Waals surface area contributed by atoms with E-state index < -0.39 is 0 Å². The van der Waals surface area contributed by atoms with Gasteiger partial charge in [0, 0.05) is 30.1 Å². The number of fused-ring (bicyclic) bond motifs is 1. The van der Waals surface area contributed by atoms with Crippen molar-refractivity contribution in [3.63, 3.8) is 0 Å². The lowest BCUT2D eigenvalue weighted by molar-refractivity contribution is -0.121. The minimum Gasteiger partial charge on any atom is -0.495 e. The smallest absolute Gasteiger partial charge is 0.270 e. The van der Waals surface area contributed by atoms with Crippen LogP contribution in [0, 0.1) is 5.92 Å². The number of likely N-dealkylation sites (tertiary alicyclic amines) is 1. The maximum absolute atomic E-state index is 13.0. The van der Waals surface area contributed by atoms with Crippen LogP contribution in [0.3, 0.4) is 0 Å². The van der Waals surface area contributed by atoms with Crippen molar-refractivity contribution in [1.29, 1.82) is 0 Å². The predicted octanol–water partition coefficient (Wildman–Crippen LogP) is 4.33. The number of H-pyrrole nitrogens is 1. The molecule has 1 unspecified atom stereocenters. The highest BCUT2D eigenvalue weighted by Gasteiger charge is 2.30. The second-order valence-corrected chi connectivity index (χ2v) is 7.94. The molecule has 1 saturated heterocycles. The Morgan fingerprint density at radius 1 is 1.13 bits per heavy atom. The molecule has 3 aromatic rings. The Morgan fingerprint density at radius 3 is 2.65 bits per heavy atom. The van der Waals surface area contributed by atoms with Gasteiger partial charge in [-0.15, -0.1) is 0 Å². The van der Waals surface area contributed by atoms with Gasteiger partial charge in [-0.05, 0) is 31.0 Å². The van der Waals surface area contributed by atoms with E-state index in [-0.39, 0.29) is 17.7 Å². The molecule has 1 fully saturated rings. The lowest BCUT2D eigenvalue weighted by Crippen LogP contribution is -2.43. The van der Waals surface area contributed by atoms with Crippen molar-refractivity contribution < 1.29 is 19.1 Å². The normalized spacial score (nSPS) is 16.2. The van der Waals surface area contributed by atoms with Crippen LogP contribution in [-0.4, -0.2) is 49.0 Å². The molecule has 162 valence electrons. The fraction of sp³-hybridized carbons (Fsp3) is 0.304. The molecule has 1 aliphatic heterocycles. The average molecular weight is 442 g/mol. The fourth-order valence-electron chi connectivity index (χ4n) is 3.93. The Labute approximate surface area is 185 Å². The van der Waals surface area contributed by atoms with Gasteiger partial charge >= 0.3 is 0 Å². The lowest BCUT2D eigenvalue weighted by Gasteiger charge is -2.32. The number of aromatic amines is 1. The predicted molar refractivity (Wildman–Crippen MR) is 120 cm³/mol. The van der Waals surface area contributed by atoms with E-state index in [9.17, 15) is 9.59 Å². The third-order valence-electron chi connectivity index (χ3n) is 5.57. The average Bonchev–Trinajstić information content (AvgIpc) is 3.23. The number of rotatable bonds is 5. The van der Waals surface area contributed by atoms with E-state index in [0.29, 0.717) is 47.4 Å². The molecule has 1 atom stereocenters. The molecular weight excluding hydrogens is 418 g/mol. The lowest BCUT2D eigenvalue weighted by atomic mass is 9.96. The molecule has 0 bridgehead atoms. The van der Waals surface area contributed by atoms with Gasteiger partial charge in [0.1, 0.15) is 17.2 Å². The number of benzene rings is 2. The summed E-state index contributed by atoms with van der Waals surface area (Å²) in [7, 11) is 3.03. The van der Waals surface area contributed by atoms with E-state index in [1.807, 2.05) is 30.3 Å². The number of ether oxygens (including phenoxy) is 2. The van der Waals surface area contributed by atoms with E-state index >= 15 is 0 Å². The van der Waals surface area contributed by atoms with E-state index in [4.69, 9.17) is 21.1 Å². The highest BCUT2D eigenvalue weighted by molar-refractivity contribution is 6.32. The standard InChI is InChI=1S/C23H24ClN3O4/c1-30-20-12-21(31-2)18(11-16(20)24)26-22(28)15-7-5-9-27(13-15)23(29)19-10-14-6-3-4-8-17(14)25-19/h3-4,6,8,10-12,15,25H,5,7,9,13H2,1-2H3,(H,26,28). The molecule has 1 aromatic heterocycles. The SMILES string of the molecule is COc1cc(OC)c(NC(=O)C2CCCN(C(=O)c3cc4ccccc4[nH]3)C2)cc1Cl. The van der Waals surface area contributed by atoms with E-state index in [1.165, 1.54) is 14.2 Å². The van der Waals surface area contributed by atoms with E-state index in [2.05, 4.69) is 10.3 Å². The van der Waals surface area contributed by atoms with Crippen LogP contribution >= 0.6 is 11.6 Å². The van der Waals surface area contributed by atoms with Crippen LogP contribution in [0.5, 0.6) is 11.5 Å². The summed E-state index contributed by atoms with van der Waals surface area (Å²) in [5, 5.41) is 4.25. The second kappa shape index (κ2) is 8.89. The zero-order valence-corrected chi connectivity index (χ0v) is 18.2. The third kappa shape index (κ3) is 4.32. The molecule has 2 N–H and O–H groups in total. The molecule has 31 heavy (non-hydrogen) atoms. The van der Waals surface area contributed by atoms with Crippen LogP contribution in [0.25, 0.3) is 10.9 Å². The van der Waals surface area contributed by atoms with E-state index in [0.717, 1.165) is 17.3 Å². The molecule has 4 rings (SSSR count). The van der Waals surface area contributed by atoms with Gasteiger partial charge in [0.15, 0.2) is 0 Å². The van der Waals surface area contributed by atoms with Gasteiger partial charge in [-0.2, -0.15) is 0 Å². The molecule has 2 amide bonds. The molecule has 0 saturated carbocycles. The minimum absolute atomic E-state index is 0.0984. The minimum atomic E-state index is -0.326. The first-order valence-electron chi connectivity index (χ1n) is 10.1. The van der Waals surface area contributed by atoms with Crippen molar-refractivity contribution in [3.8, 4) is 11.5 Å². The molecule has 0 radical (unpaired) electrons. The molecule has 2 heterocycles. The van der Waals surface area contributed by atoms with E-state index in [1.54, 1.807) is 17.0 Å². The van der Waals surface area contributed by atoms with Crippen molar-refractivity contribution >= 4 is 40.0 Å². The van der Waals surface area contributed by atoms with Gasteiger partial charge < -0.3 is 24.7 Å². The second-order valence-electron chi connectivity index (χ2n) is 7.54. The van der Waals surface area contributed by atoms with Gasteiger partial charge in [0.05, 0.1) is 30.8 Å². The van der Waals surface area contributed by atoms with Crippen LogP contribution < -0.4 is 14.8 Å². The number of halogens is 1. The van der Waals surface area contributed by atoms with Gasteiger partial charge in [-0.3, -0.25) is 9.59 Å². The number of anilines is 1. The van der Waals surface area contributed by atoms with Crippen LogP contribution in [0.4, 0.5) is 5.69 Å². The maximum atomic E-state index is 13.0. The molecule has 7 nitrogen and oxygen atoms in total. The fourth-order valence-corrected chi connectivity index (χ4v) is 4.17. The van der Waals surface area contributed by atoms with Gasteiger partial charge in [-0.25, -0.2) is 0 Å². The largest absolute Gasteiger partial charge is 0.495 e. The molecule has 0 spiro atoms. The van der Waals surface area contributed by atoms with Gasteiger partial charge in [-0.1, -0.05) is 29.8 Å². The zero-order chi connectivity index (χ0) is 22.0. The Morgan fingerprint density at radius 2 is 1.90 bits per heavy atom. The van der Waals surface area contributed by atoms with Gasteiger partial charge in [0.2, 0.25) is 5.91 Å². The van der Waals surface area contributed by atoms with Crippen molar-refractivity contribution in [2.45, 2.75) is 12.8 Å². The highest BCUT2D eigenvalue weighted by Crippen LogP contribution is 2.36. The number of hydrogen-bond acceptors (Lipinski definition) is 4. The molecule has 2 aromatic carbocycles. The van der Waals surface area contributed by atoms with Crippen LogP contribution in [0.2, 0.25) is 5.02 Å². The first-order valence-corrected chi connectivity index (χ1v) is 10.5. The number of nitrogens with zero attached hydrogens (tertiary/aromatic N) is 1. The summed E-state index contributed by atoms with van der Waals surface area (Å²) in [6.07, 6.45) is 1.46. The van der Waals surface area contributed by atoms with Crippen LogP contribution in [0.1, 0.15) is 23.3 Å². The van der Waals surface area contributed by atoms with Gasteiger partial charge in [0.25, 0.3) is 5.91 Å². The number of para-hydroxylation sites is 1. The summed E-state index contributed by atoms with van der Waals surface area (Å²) >= 11 is 6.21. The Hall–Kier alpha value is -3.19. The molecule has 8 heteroatoms. The number of piperidine rings is 1. The molecule has 1 aliphatic rings. The van der Waals surface area contributed by atoms with Crippen molar-refractivity contribution in [2.75, 3.05) is 32.6 Å². The number of hydrogen-bond donors (Lipinski definition) is 2. The Bertz CT molecular complexity index is 1090. The van der Waals surface area contributed by atoms with Crippen molar-refractivity contribution in [2.24, 2.45) is 5.92 Å². The molecular formula is C23H24ClN3O4.